The second-order valence-electron chi connectivity index (χ2n) is 3.12. The summed E-state index contributed by atoms with van der Waals surface area (Å²) < 4.78 is 5.59. The maximum Gasteiger partial charge on any atom is 0.233 e. The zero-order valence-electron chi connectivity index (χ0n) is 7.13. The quantitative estimate of drug-likeness (QED) is 0.672. The molecule has 0 saturated carbocycles. The summed E-state index contributed by atoms with van der Waals surface area (Å²) in [6.45, 7) is 3.95. The fourth-order valence-electron chi connectivity index (χ4n) is 1.35. The second kappa shape index (κ2) is 3.15. The van der Waals surface area contributed by atoms with E-state index >= 15 is 0 Å². The van der Waals surface area contributed by atoms with Gasteiger partial charge in [-0.15, -0.1) is 5.10 Å². The molecule has 2 heterocycles. The van der Waals surface area contributed by atoms with E-state index in [1.54, 1.807) is 0 Å². The largest absolute Gasteiger partial charge is 0.472 e. The van der Waals surface area contributed by atoms with Gasteiger partial charge in [0.25, 0.3) is 0 Å². The van der Waals surface area contributed by atoms with Crippen molar-refractivity contribution >= 4 is 0 Å². The van der Waals surface area contributed by atoms with Crippen LogP contribution in [0, 0.1) is 6.92 Å². The van der Waals surface area contributed by atoms with E-state index in [2.05, 4.69) is 15.5 Å². The molecule has 2 N–H and O–H groups in total. The molecule has 0 aliphatic carbocycles. The van der Waals surface area contributed by atoms with Gasteiger partial charge in [-0.3, -0.25) is 5.10 Å². The predicted octanol–water partition coefficient (Wildman–Crippen LogP) is 0.459. The average molecular weight is 167 g/mol. The van der Waals surface area contributed by atoms with E-state index in [-0.39, 0.29) is 0 Å². The second-order valence-corrected chi connectivity index (χ2v) is 3.12. The maximum absolute atomic E-state index is 5.59. The molecule has 4 nitrogen and oxygen atoms in total. The van der Waals surface area contributed by atoms with Crippen LogP contribution in [0.25, 0.3) is 0 Å². The highest BCUT2D eigenvalue weighted by Gasteiger charge is 2.16. The lowest BCUT2D eigenvalue weighted by atomic mass is 10.3. The average Bonchev–Trinajstić information content (AvgIpc) is 2.63. The molecule has 1 atom stereocenters. The Balaban J connectivity index is 1.94. The van der Waals surface area contributed by atoms with Crippen molar-refractivity contribution < 1.29 is 4.74 Å². The molecule has 1 aliphatic rings. The summed E-state index contributed by atoms with van der Waals surface area (Å²) in [5.41, 5.74) is 1.04. The lowest BCUT2D eigenvalue weighted by molar-refractivity contribution is 0.214. The third kappa shape index (κ3) is 1.58. The maximum atomic E-state index is 5.59. The van der Waals surface area contributed by atoms with Gasteiger partial charge in [-0.1, -0.05) is 0 Å². The van der Waals surface area contributed by atoms with Crippen LogP contribution in [0.15, 0.2) is 6.07 Å². The van der Waals surface area contributed by atoms with E-state index < -0.39 is 0 Å². The molecule has 12 heavy (non-hydrogen) atoms. The van der Waals surface area contributed by atoms with E-state index in [1.165, 1.54) is 0 Å². The van der Waals surface area contributed by atoms with E-state index in [9.17, 15) is 0 Å². The summed E-state index contributed by atoms with van der Waals surface area (Å²) in [6, 6.07) is 1.92. The topological polar surface area (TPSA) is 49.9 Å². The van der Waals surface area contributed by atoms with Crippen LogP contribution in [-0.2, 0) is 0 Å². The molecule has 0 amide bonds. The van der Waals surface area contributed by atoms with Crippen LogP contribution in [0.5, 0.6) is 5.88 Å². The summed E-state index contributed by atoms with van der Waals surface area (Å²) in [7, 11) is 0. The van der Waals surface area contributed by atoms with Crippen molar-refractivity contribution in [3.05, 3.63) is 11.8 Å². The first-order valence-corrected chi connectivity index (χ1v) is 4.24. The first-order valence-electron chi connectivity index (χ1n) is 4.24. The predicted molar refractivity (Wildman–Crippen MR) is 45.2 cm³/mol. The number of aryl methyl sites for hydroxylation is 1. The van der Waals surface area contributed by atoms with Crippen LogP contribution in [-0.4, -0.2) is 29.4 Å². The molecular formula is C8H13N3O. The van der Waals surface area contributed by atoms with Gasteiger partial charge in [0, 0.05) is 18.3 Å². The van der Waals surface area contributed by atoms with Crippen molar-refractivity contribution in [1.29, 1.82) is 0 Å². The minimum Gasteiger partial charge on any atom is -0.472 e. The molecule has 2 rings (SSSR count). The van der Waals surface area contributed by atoms with Gasteiger partial charge in [-0.25, -0.2) is 0 Å². The number of H-pyrrole nitrogens is 1. The van der Waals surface area contributed by atoms with Crippen molar-refractivity contribution in [3.63, 3.8) is 0 Å². The third-order valence-corrected chi connectivity index (χ3v) is 1.98. The van der Waals surface area contributed by atoms with E-state index in [4.69, 9.17) is 4.74 Å². The van der Waals surface area contributed by atoms with Gasteiger partial charge in [0.1, 0.15) is 6.10 Å². The fraction of sp³-hybridized carbons (Fsp3) is 0.625. The van der Waals surface area contributed by atoms with Gasteiger partial charge in [0.2, 0.25) is 5.88 Å². The minimum atomic E-state index is 0.299. The number of nitrogens with zero attached hydrogens (tertiary/aromatic N) is 1. The van der Waals surface area contributed by atoms with E-state index in [1.807, 2.05) is 13.0 Å². The zero-order chi connectivity index (χ0) is 8.39. The third-order valence-electron chi connectivity index (χ3n) is 1.98. The van der Waals surface area contributed by atoms with E-state index in [0.717, 1.165) is 25.2 Å². The zero-order valence-corrected chi connectivity index (χ0v) is 7.13. The first-order chi connectivity index (χ1) is 5.84. The number of hydrogen-bond donors (Lipinski definition) is 2. The molecule has 1 aromatic rings. The van der Waals surface area contributed by atoms with Crippen molar-refractivity contribution in [2.24, 2.45) is 0 Å². The lowest BCUT2D eigenvalue weighted by Gasteiger charge is -2.08. The molecule has 1 aromatic heterocycles. The van der Waals surface area contributed by atoms with Gasteiger partial charge < -0.3 is 10.1 Å². The Labute approximate surface area is 71.3 Å². The summed E-state index contributed by atoms with van der Waals surface area (Å²) in [4.78, 5) is 0. The molecule has 1 unspecified atom stereocenters. The van der Waals surface area contributed by atoms with Crippen LogP contribution in [0.3, 0.4) is 0 Å². The SMILES string of the molecule is Cc1cc(OC2CCNC2)n[nH]1. The Morgan fingerprint density at radius 2 is 2.58 bits per heavy atom. The highest BCUT2D eigenvalue weighted by atomic mass is 16.5. The molecule has 4 heteroatoms. The van der Waals surface area contributed by atoms with Crippen molar-refractivity contribution in [3.8, 4) is 5.88 Å². The van der Waals surface area contributed by atoms with Crippen LogP contribution in [0.2, 0.25) is 0 Å². The molecule has 1 saturated heterocycles. The molecule has 66 valence electrons. The number of aromatic nitrogens is 2. The van der Waals surface area contributed by atoms with Crippen LogP contribution in [0.4, 0.5) is 0 Å². The van der Waals surface area contributed by atoms with Crippen LogP contribution < -0.4 is 10.1 Å². The molecule has 0 spiro atoms. The molecule has 0 radical (unpaired) electrons. The van der Waals surface area contributed by atoms with Gasteiger partial charge in [-0.2, -0.15) is 0 Å². The van der Waals surface area contributed by atoms with Crippen molar-refractivity contribution in [1.82, 2.24) is 15.5 Å². The Kier molecular flexibility index (Phi) is 1.99. The fourth-order valence-corrected chi connectivity index (χ4v) is 1.35. The number of aromatic amines is 1. The Hall–Kier alpha value is -1.03. The molecule has 0 bridgehead atoms. The molecule has 1 fully saturated rings. The molecule has 1 aliphatic heterocycles. The highest BCUT2D eigenvalue weighted by molar-refractivity contribution is 5.12. The highest BCUT2D eigenvalue weighted by Crippen LogP contribution is 2.12. The van der Waals surface area contributed by atoms with Crippen LogP contribution >= 0.6 is 0 Å². The summed E-state index contributed by atoms with van der Waals surface area (Å²) in [5.74, 6) is 0.709. The van der Waals surface area contributed by atoms with Gasteiger partial charge in [0.05, 0.1) is 0 Å². The number of ether oxygens (including phenoxy) is 1. The summed E-state index contributed by atoms with van der Waals surface area (Å²) in [6.07, 6.45) is 1.37. The number of nitrogens with one attached hydrogen (secondary N) is 2. The number of rotatable bonds is 2. The Morgan fingerprint density at radius 3 is 3.17 bits per heavy atom. The van der Waals surface area contributed by atoms with Crippen LogP contribution in [0.1, 0.15) is 12.1 Å². The molecular weight excluding hydrogens is 154 g/mol. The van der Waals surface area contributed by atoms with Crippen molar-refractivity contribution in [2.45, 2.75) is 19.4 Å². The Bertz CT molecular complexity index is 253. The van der Waals surface area contributed by atoms with E-state index in [0.29, 0.717) is 12.0 Å². The summed E-state index contributed by atoms with van der Waals surface area (Å²) >= 11 is 0. The van der Waals surface area contributed by atoms with Gasteiger partial charge in [-0.05, 0) is 19.9 Å². The van der Waals surface area contributed by atoms with Gasteiger partial charge in [0.15, 0.2) is 0 Å². The Morgan fingerprint density at radius 1 is 1.67 bits per heavy atom. The molecule has 0 aromatic carbocycles. The normalized spacial score (nSPS) is 22.9. The minimum absolute atomic E-state index is 0.299. The monoisotopic (exact) mass is 167 g/mol. The standard InChI is InChI=1S/C8H13N3O/c1-6-4-8(11-10-6)12-7-2-3-9-5-7/h4,7,9H,2-3,5H2,1H3,(H,10,11). The smallest absolute Gasteiger partial charge is 0.233 e. The lowest BCUT2D eigenvalue weighted by Crippen LogP contribution is -2.19. The van der Waals surface area contributed by atoms with Crippen molar-refractivity contribution in [2.75, 3.05) is 13.1 Å². The number of hydrogen-bond acceptors (Lipinski definition) is 3. The first kappa shape index (κ1) is 7.61. The summed E-state index contributed by atoms with van der Waals surface area (Å²) in [5, 5.41) is 10.1. The van der Waals surface area contributed by atoms with Gasteiger partial charge >= 0.3 is 0 Å².